The van der Waals surface area contributed by atoms with Crippen LogP contribution in [0, 0.1) is 0 Å². The second kappa shape index (κ2) is 7.90. The summed E-state index contributed by atoms with van der Waals surface area (Å²) in [6.45, 7) is 0.596. The van der Waals surface area contributed by atoms with Gasteiger partial charge in [0.15, 0.2) is 16.6 Å². The SMILES string of the molecule is COc1cc2c(cc1OC)[C@H](c1ccccc1)N(C(=O)Nc1nccs1)CC2. The number of nitrogens with one attached hydrogen (secondary N) is 1. The van der Waals surface area contributed by atoms with Crippen LogP contribution in [0.4, 0.5) is 9.93 Å². The Morgan fingerprint density at radius 3 is 2.61 bits per heavy atom. The molecule has 0 saturated heterocycles. The first-order valence-corrected chi connectivity index (χ1v) is 9.86. The Hall–Kier alpha value is -3.06. The van der Waals surface area contributed by atoms with Gasteiger partial charge in [-0.1, -0.05) is 30.3 Å². The summed E-state index contributed by atoms with van der Waals surface area (Å²) < 4.78 is 11.0. The molecular formula is C21H21N3O3S. The summed E-state index contributed by atoms with van der Waals surface area (Å²) in [4.78, 5) is 19.1. The Labute approximate surface area is 167 Å². The highest BCUT2D eigenvalue weighted by molar-refractivity contribution is 7.13. The van der Waals surface area contributed by atoms with Gasteiger partial charge in [0.25, 0.3) is 0 Å². The number of carbonyl (C=O) groups excluding carboxylic acids is 1. The molecule has 144 valence electrons. The third kappa shape index (κ3) is 3.41. The third-order valence-electron chi connectivity index (χ3n) is 4.90. The topological polar surface area (TPSA) is 63.7 Å². The summed E-state index contributed by atoms with van der Waals surface area (Å²) in [5.74, 6) is 1.36. The first-order chi connectivity index (χ1) is 13.7. The lowest BCUT2D eigenvalue weighted by Crippen LogP contribution is -2.43. The van der Waals surface area contributed by atoms with Crippen LogP contribution in [-0.4, -0.2) is 36.7 Å². The van der Waals surface area contributed by atoms with E-state index in [4.69, 9.17) is 9.47 Å². The van der Waals surface area contributed by atoms with E-state index in [1.54, 1.807) is 20.4 Å². The molecule has 0 bridgehead atoms. The standard InChI is InChI=1S/C21H21N3O3S/c1-26-17-12-15-8-10-24(21(25)23-20-22-9-11-28-20)19(14-6-4-3-5-7-14)16(15)13-18(17)27-2/h3-7,9,11-13,19H,8,10H2,1-2H3,(H,22,23,25)/t19-/m0/s1. The Balaban J connectivity index is 1.77. The van der Waals surface area contributed by atoms with Gasteiger partial charge in [-0.05, 0) is 35.2 Å². The van der Waals surface area contributed by atoms with Gasteiger partial charge in [0.1, 0.15) is 0 Å². The number of nitrogens with zero attached hydrogens (tertiary/aromatic N) is 2. The molecule has 0 fully saturated rings. The lowest BCUT2D eigenvalue weighted by Gasteiger charge is -2.38. The van der Waals surface area contributed by atoms with E-state index < -0.39 is 0 Å². The largest absolute Gasteiger partial charge is 0.493 e. The Bertz CT molecular complexity index is 961. The molecule has 1 aromatic heterocycles. The van der Waals surface area contributed by atoms with Crippen LogP contribution in [-0.2, 0) is 6.42 Å². The van der Waals surface area contributed by atoms with Crippen molar-refractivity contribution in [2.45, 2.75) is 12.5 Å². The quantitative estimate of drug-likeness (QED) is 0.714. The van der Waals surface area contributed by atoms with Crippen molar-refractivity contribution in [3.63, 3.8) is 0 Å². The van der Waals surface area contributed by atoms with E-state index in [9.17, 15) is 4.79 Å². The summed E-state index contributed by atoms with van der Waals surface area (Å²) >= 11 is 1.40. The van der Waals surface area contributed by atoms with Gasteiger partial charge in [-0.15, -0.1) is 11.3 Å². The minimum absolute atomic E-state index is 0.163. The van der Waals surface area contributed by atoms with Crippen molar-refractivity contribution in [3.05, 3.63) is 70.7 Å². The summed E-state index contributed by atoms with van der Waals surface area (Å²) in [5, 5.41) is 5.34. The molecule has 2 heterocycles. The number of thiazole rings is 1. The number of ether oxygens (including phenoxy) is 2. The predicted molar refractivity (Wildman–Crippen MR) is 109 cm³/mol. The lowest BCUT2D eigenvalue weighted by molar-refractivity contribution is 0.193. The van der Waals surface area contributed by atoms with Crippen molar-refractivity contribution in [2.24, 2.45) is 0 Å². The van der Waals surface area contributed by atoms with Crippen LogP contribution in [0.2, 0.25) is 0 Å². The van der Waals surface area contributed by atoms with Crippen molar-refractivity contribution in [1.82, 2.24) is 9.88 Å². The summed E-state index contributed by atoms with van der Waals surface area (Å²) in [7, 11) is 3.26. The fourth-order valence-corrected chi connectivity index (χ4v) is 4.13. The maximum Gasteiger partial charge on any atom is 0.324 e. The van der Waals surface area contributed by atoms with Crippen LogP contribution in [0.1, 0.15) is 22.7 Å². The van der Waals surface area contributed by atoms with Crippen molar-refractivity contribution < 1.29 is 14.3 Å². The minimum Gasteiger partial charge on any atom is -0.493 e. The zero-order chi connectivity index (χ0) is 19.5. The Morgan fingerprint density at radius 1 is 1.18 bits per heavy atom. The molecule has 6 nitrogen and oxygen atoms in total. The maximum absolute atomic E-state index is 13.1. The average molecular weight is 395 g/mol. The second-order valence-corrected chi connectivity index (χ2v) is 7.32. The molecular weight excluding hydrogens is 374 g/mol. The number of urea groups is 1. The molecule has 7 heteroatoms. The van der Waals surface area contributed by atoms with Crippen molar-refractivity contribution >= 4 is 22.5 Å². The van der Waals surface area contributed by atoms with Crippen molar-refractivity contribution in [2.75, 3.05) is 26.1 Å². The van der Waals surface area contributed by atoms with Crippen LogP contribution in [0.5, 0.6) is 11.5 Å². The fourth-order valence-electron chi connectivity index (χ4n) is 3.61. The number of methoxy groups -OCH3 is 2. The highest BCUT2D eigenvalue weighted by atomic mass is 32.1. The van der Waals surface area contributed by atoms with E-state index in [1.807, 2.05) is 52.7 Å². The van der Waals surface area contributed by atoms with Crippen LogP contribution in [0.3, 0.4) is 0 Å². The molecule has 0 radical (unpaired) electrons. The highest BCUT2D eigenvalue weighted by Crippen LogP contribution is 2.41. The summed E-state index contributed by atoms with van der Waals surface area (Å²) in [6, 6.07) is 13.6. The Morgan fingerprint density at radius 2 is 1.93 bits per heavy atom. The first kappa shape index (κ1) is 18.3. The van der Waals surface area contributed by atoms with E-state index in [0.717, 1.165) is 23.1 Å². The van der Waals surface area contributed by atoms with E-state index in [1.165, 1.54) is 11.3 Å². The zero-order valence-electron chi connectivity index (χ0n) is 15.7. The summed E-state index contributed by atoms with van der Waals surface area (Å²) in [5.41, 5.74) is 3.25. The molecule has 2 aromatic carbocycles. The number of hydrogen-bond donors (Lipinski definition) is 1. The van der Waals surface area contributed by atoms with Crippen LogP contribution >= 0.6 is 11.3 Å². The zero-order valence-corrected chi connectivity index (χ0v) is 16.5. The van der Waals surface area contributed by atoms with Crippen molar-refractivity contribution in [1.29, 1.82) is 0 Å². The van der Waals surface area contributed by atoms with Gasteiger partial charge in [0.05, 0.1) is 20.3 Å². The normalized spacial score (nSPS) is 15.6. The molecule has 28 heavy (non-hydrogen) atoms. The average Bonchev–Trinajstić information content (AvgIpc) is 3.25. The molecule has 1 atom stereocenters. The molecule has 1 aliphatic heterocycles. The van der Waals surface area contributed by atoms with Crippen molar-refractivity contribution in [3.8, 4) is 11.5 Å². The molecule has 3 aromatic rings. The van der Waals surface area contributed by atoms with Gasteiger partial charge in [0, 0.05) is 18.1 Å². The van der Waals surface area contributed by atoms with Gasteiger partial charge < -0.3 is 14.4 Å². The molecule has 0 saturated carbocycles. The molecule has 0 spiro atoms. The minimum atomic E-state index is -0.218. The van der Waals surface area contributed by atoms with Crippen LogP contribution < -0.4 is 14.8 Å². The molecule has 4 rings (SSSR count). The number of aromatic nitrogens is 1. The molecule has 1 aliphatic rings. The number of anilines is 1. The number of fused-ring (bicyclic) bond motifs is 1. The highest BCUT2D eigenvalue weighted by Gasteiger charge is 2.33. The first-order valence-electron chi connectivity index (χ1n) is 8.98. The number of benzene rings is 2. The van der Waals surface area contributed by atoms with Gasteiger partial charge >= 0.3 is 6.03 Å². The van der Waals surface area contributed by atoms with E-state index in [2.05, 4.69) is 10.3 Å². The molecule has 0 aliphatic carbocycles. The van der Waals surface area contributed by atoms with Crippen LogP contribution in [0.15, 0.2) is 54.0 Å². The molecule has 1 N–H and O–H groups in total. The predicted octanol–water partition coefficient (Wildman–Crippen LogP) is 4.34. The monoisotopic (exact) mass is 395 g/mol. The molecule has 2 amide bonds. The number of rotatable bonds is 4. The van der Waals surface area contributed by atoms with Gasteiger partial charge in [-0.2, -0.15) is 0 Å². The number of hydrogen-bond acceptors (Lipinski definition) is 5. The fraction of sp³-hybridized carbons (Fsp3) is 0.238. The number of amides is 2. The van der Waals surface area contributed by atoms with Gasteiger partial charge in [-0.3, -0.25) is 5.32 Å². The van der Waals surface area contributed by atoms with E-state index >= 15 is 0 Å². The van der Waals surface area contributed by atoms with E-state index in [-0.39, 0.29) is 12.1 Å². The maximum atomic E-state index is 13.1. The van der Waals surface area contributed by atoms with Crippen LogP contribution in [0.25, 0.3) is 0 Å². The lowest BCUT2D eigenvalue weighted by atomic mass is 9.88. The smallest absolute Gasteiger partial charge is 0.324 e. The van der Waals surface area contributed by atoms with E-state index in [0.29, 0.717) is 23.2 Å². The molecule has 0 unspecified atom stereocenters. The number of carbonyl (C=O) groups is 1. The third-order valence-corrected chi connectivity index (χ3v) is 5.58. The van der Waals surface area contributed by atoms with Gasteiger partial charge in [-0.25, -0.2) is 9.78 Å². The van der Waals surface area contributed by atoms with Gasteiger partial charge in [0.2, 0.25) is 0 Å². The Kier molecular flexibility index (Phi) is 5.16. The second-order valence-electron chi connectivity index (χ2n) is 6.43. The summed E-state index contributed by atoms with van der Waals surface area (Å²) in [6.07, 6.45) is 2.42.